The molecular weight excluding hydrogens is 816 g/mol. The lowest BCUT2D eigenvalue weighted by molar-refractivity contribution is -0.137. The number of fused-ring (bicyclic) bond motifs is 1. The van der Waals surface area contributed by atoms with E-state index in [2.05, 4.69) is 31.6 Å². The van der Waals surface area contributed by atoms with Gasteiger partial charge in [-0.1, -0.05) is 30.3 Å². The number of alkyl halides is 3. The normalized spacial score (nSPS) is 12.7. The summed E-state index contributed by atoms with van der Waals surface area (Å²) in [5, 5.41) is 13.5. The number of carbonyl (C=O) groups is 6. The Balaban J connectivity index is 2.00. The van der Waals surface area contributed by atoms with Crippen LogP contribution in [0.25, 0.3) is 17.0 Å². The lowest BCUT2D eigenvalue weighted by Gasteiger charge is -2.27. The Morgan fingerprint density at radius 2 is 1.27 bits per heavy atom. The molecular formula is C43H56F3N7O9. The minimum absolute atomic E-state index is 0.0445. The van der Waals surface area contributed by atoms with Crippen LogP contribution in [0.2, 0.25) is 0 Å². The minimum atomic E-state index is -4.65. The van der Waals surface area contributed by atoms with Crippen molar-refractivity contribution < 1.29 is 56.1 Å². The molecule has 6 amide bonds. The van der Waals surface area contributed by atoms with Gasteiger partial charge in [0.2, 0.25) is 11.8 Å². The maximum absolute atomic E-state index is 14.4. The quantitative estimate of drug-likeness (QED) is 0.0607. The summed E-state index contributed by atoms with van der Waals surface area (Å²) in [6, 6.07) is 11.2. The number of rotatable bonds is 15. The molecule has 0 bridgehead atoms. The van der Waals surface area contributed by atoms with Gasteiger partial charge in [0.1, 0.15) is 28.5 Å². The topological polar surface area (TPSA) is 206 Å². The average Bonchev–Trinajstić information content (AvgIpc) is 3.13. The number of aromatic nitrogens is 1. The van der Waals surface area contributed by atoms with Crippen LogP contribution in [0.5, 0.6) is 0 Å². The molecule has 62 heavy (non-hydrogen) atoms. The van der Waals surface area contributed by atoms with Crippen molar-refractivity contribution in [2.24, 2.45) is 0 Å². The van der Waals surface area contributed by atoms with Crippen molar-refractivity contribution in [3.8, 4) is 0 Å². The van der Waals surface area contributed by atoms with Crippen molar-refractivity contribution in [1.29, 1.82) is 0 Å². The molecule has 1 unspecified atom stereocenters. The van der Waals surface area contributed by atoms with Gasteiger partial charge >= 0.3 is 24.5 Å². The fourth-order valence-electron chi connectivity index (χ4n) is 5.40. The molecule has 0 spiro atoms. The second-order valence-electron chi connectivity index (χ2n) is 17.0. The first-order valence-electron chi connectivity index (χ1n) is 19.8. The highest BCUT2D eigenvalue weighted by molar-refractivity contribution is 6.09. The standard InChI is InChI=1S/C43H56F3N7O9/c1-40(2,3)60-37(57)48-21-20-47-35(55)32(52-39(59)62-42(7,8)9)18-19-34(54)53(23-22-49-38(58)61-41(4,5)6)33(24-27-14-16-29(17-15-27)43(44,45)46)36(56)51-30-25-28-12-10-11-13-31(28)50-26-30/h10-17,24-26,32H,18-23H2,1-9H3,(H,47,55)(H,48,57)(H,49,58)(H,51,56)(H,52,59). The predicted octanol–water partition coefficient (Wildman–Crippen LogP) is 6.90. The second kappa shape index (κ2) is 21.4. The first-order valence-corrected chi connectivity index (χ1v) is 19.8. The Labute approximate surface area is 358 Å². The van der Waals surface area contributed by atoms with Gasteiger partial charge in [-0.2, -0.15) is 13.2 Å². The van der Waals surface area contributed by atoms with E-state index in [9.17, 15) is 41.9 Å². The van der Waals surface area contributed by atoms with Gasteiger partial charge in [-0.25, -0.2) is 14.4 Å². The van der Waals surface area contributed by atoms with E-state index in [-0.39, 0.29) is 49.5 Å². The molecule has 1 aromatic heterocycles. The van der Waals surface area contributed by atoms with E-state index in [4.69, 9.17) is 14.2 Å². The highest BCUT2D eigenvalue weighted by Crippen LogP contribution is 2.30. The van der Waals surface area contributed by atoms with Crippen LogP contribution in [0.15, 0.2) is 66.5 Å². The number of hydrogen-bond donors (Lipinski definition) is 5. The van der Waals surface area contributed by atoms with Gasteiger partial charge in [0.25, 0.3) is 5.91 Å². The van der Waals surface area contributed by atoms with Crippen LogP contribution in [-0.4, -0.2) is 94.9 Å². The monoisotopic (exact) mass is 871 g/mol. The first kappa shape index (κ1) is 50.0. The summed E-state index contributed by atoms with van der Waals surface area (Å²) in [6.07, 6.45) is -5.41. The number of nitrogens with one attached hydrogen (secondary N) is 5. The van der Waals surface area contributed by atoms with Crippen molar-refractivity contribution in [3.63, 3.8) is 0 Å². The van der Waals surface area contributed by atoms with Crippen LogP contribution < -0.4 is 26.6 Å². The zero-order valence-electron chi connectivity index (χ0n) is 36.4. The third-order valence-electron chi connectivity index (χ3n) is 7.96. The number of pyridine rings is 1. The Hall–Kier alpha value is -6.40. The Morgan fingerprint density at radius 3 is 1.85 bits per heavy atom. The summed E-state index contributed by atoms with van der Waals surface area (Å²) in [6.45, 7) is 14.1. The predicted molar refractivity (Wildman–Crippen MR) is 225 cm³/mol. The van der Waals surface area contributed by atoms with Crippen LogP contribution in [0.4, 0.5) is 33.2 Å². The van der Waals surface area contributed by atoms with Gasteiger partial charge in [-0.3, -0.25) is 19.4 Å². The van der Waals surface area contributed by atoms with Crippen LogP contribution in [-0.2, 0) is 34.8 Å². The number of hydrogen-bond acceptors (Lipinski definition) is 10. The molecule has 1 atom stereocenters. The third-order valence-corrected chi connectivity index (χ3v) is 7.96. The van der Waals surface area contributed by atoms with E-state index >= 15 is 0 Å². The highest BCUT2D eigenvalue weighted by atomic mass is 19.4. The van der Waals surface area contributed by atoms with Crippen molar-refractivity contribution >= 4 is 58.7 Å². The molecule has 3 aromatic rings. The molecule has 0 saturated heterocycles. The number of alkyl carbamates (subject to hydrolysis) is 3. The van der Waals surface area contributed by atoms with Crippen molar-refractivity contribution in [1.82, 2.24) is 31.2 Å². The highest BCUT2D eigenvalue weighted by Gasteiger charge is 2.31. The van der Waals surface area contributed by atoms with E-state index in [0.717, 1.165) is 29.2 Å². The number of ether oxygens (including phenoxy) is 3. The van der Waals surface area contributed by atoms with Crippen molar-refractivity contribution in [3.05, 3.63) is 77.6 Å². The molecule has 338 valence electrons. The smallest absolute Gasteiger partial charge is 0.416 e. The zero-order chi connectivity index (χ0) is 46.5. The van der Waals surface area contributed by atoms with Gasteiger partial charge in [0, 0.05) is 38.0 Å². The Bertz CT molecular complexity index is 2090. The molecule has 5 N–H and O–H groups in total. The summed E-state index contributed by atoms with van der Waals surface area (Å²) in [4.78, 5) is 85.0. The molecule has 0 aliphatic heterocycles. The van der Waals surface area contributed by atoms with Gasteiger partial charge < -0.3 is 45.7 Å². The lowest BCUT2D eigenvalue weighted by atomic mass is 10.1. The summed E-state index contributed by atoms with van der Waals surface area (Å²) < 4.78 is 56.3. The van der Waals surface area contributed by atoms with Crippen LogP contribution in [0.3, 0.4) is 0 Å². The van der Waals surface area contributed by atoms with E-state index in [1.54, 1.807) is 92.6 Å². The average molecular weight is 872 g/mol. The van der Waals surface area contributed by atoms with E-state index in [1.165, 1.54) is 12.3 Å². The fraction of sp³-hybridized carbons (Fsp3) is 0.465. The van der Waals surface area contributed by atoms with Crippen LogP contribution >= 0.6 is 0 Å². The van der Waals surface area contributed by atoms with E-state index < -0.39 is 77.0 Å². The van der Waals surface area contributed by atoms with Crippen molar-refractivity contribution in [2.45, 2.75) is 104 Å². The first-order chi connectivity index (χ1) is 28.7. The molecule has 16 nitrogen and oxygen atoms in total. The summed E-state index contributed by atoms with van der Waals surface area (Å²) in [5.41, 5.74) is -2.90. The molecule has 0 aliphatic carbocycles. The molecule has 2 aromatic carbocycles. The number of halogens is 3. The Kier molecular flexibility index (Phi) is 17.3. The largest absolute Gasteiger partial charge is 0.444 e. The Morgan fingerprint density at radius 1 is 0.726 bits per heavy atom. The minimum Gasteiger partial charge on any atom is -0.444 e. The molecule has 0 radical (unpaired) electrons. The van der Waals surface area contributed by atoms with Crippen LogP contribution in [0.1, 0.15) is 86.3 Å². The molecule has 0 fully saturated rings. The van der Waals surface area contributed by atoms with Crippen molar-refractivity contribution in [2.75, 3.05) is 31.5 Å². The summed E-state index contributed by atoms with van der Waals surface area (Å²) in [7, 11) is 0. The number of para-hydroxylation sites is 1. The fourth-order valence-corrected chi connectivity index (χ4v) is 5.40. The van der Waals surface area contributed by atoms with Gasteiger partial charge in [0.05, 0.1) is 23.0 Å². The summed E-state index contributed by atoms with van der Waals surface area (Å²) >= 11 is 0. The molecule has 0 saturated carbocycles. The number of anilines is 1. The van der Waals surface area contributed by atoms with Gasteiger partial charge in [0.15, 0.2) is 0 Å². The van der Waals surface area contributed by atoms with Gasteiger partial charge in [-0.05, 0) is 105 Å². The zero-order valence-corrected chi connectivity index (χ0v) is 36.4. The lowest BCUT2D eigenvalue weighted by Crippen LogP contribution is -2.50. The second-order valence-corrected chi connectivity index (χ2v) is 17.0. The number of benzene rings is 2. The van der Waals surface area contributed by atoms with Crippen LogP contribution in [0, 0.1) is 0 Å². The molecule has 3 rings (SSSR count). The van der Waals surface area contributed by atoms with E-state index in [0.29, 0.717) is 10.9 Å². The number of nitrogens with zero attached hydrogens (tertiary/aromatic N) is 2. The SMILES string of the molecule is CC(C)(C)OC(=O)NCCNC(=O)C(CCC(=O)N(CCNC(=O)OC(C)(C)C)C(=Cc1ccc(C(F)(F)F)cc1)C(=O)Nc1cnc2ccccc2c1)NC(=O)OC(C)(C)C. The maximum Gasteiger partial charge on any atom is 0.416 e. The molecule has 1 heterocycles. The molecule has 19 heteroatoms. The summed E-state index contributed by atoms with van der Waals surface area (Å²) in [5.74, 6) is -2.39. The number of amides is 6. The van der Waals surface area contributed by atoms with Gasteiger partial charge in [-0.15, -0.1) is 0 Å². The maximum atomic E-state index is 14.4. The molecule has 0 aliphatic rings. The van der Waals surface area contributed by atoms with E-state index in [1.807, 2.05) is 0 Å². The third kappa shape index (κ3) is 18.1. The number of carbonyl (C=O) groups excluding carboxylic acids is 6.